The van der Waals surface area contributed by atoms with Crippen molar-refractivity contribution in [1.29, 1.82) is 0 Å². The molecule has 0 amide bonds. The van der Waals surface area contributed by atoms with E-state index in [0.29, 0.717) is 0 Å². The maximum absolute atomic E-state index is 2.48. The lowest BCUT2D eigenvalue weighted by Crippen LogP contribution is -2.28. The Kier molecular flexibility index (Phi) is 2.86. The fourth-order valence-electron chi connectivity index (χ4n) is 1.02. The third-order valence-corrected chi connectivity index (χ3v) is 3.01. The van der Waals surface area contributed by atoms with Crippen molar-refractivity contribution >= 4 is 11.9 Å². The number of rotatable bonds is 1. The minimum Gasteiger partial charge on any atom is -0.248 e. The van der Waals surface area contributed by atoms with Crippen molar-refractivity contribution in [2.24, 2.45) is 0 Å². The number of hydrogen-bond donors (Lipinski definition) is 0. The molecular formula is C7H15NS. The fourth-order valence-corrected chi connectivity index (χ4v) is 2.15. The molecule has 1 saturated heterocycles. The first-order chi connectivity index (χ1) is 4.30. The molecule has 0 saturated carbocycles. The van der Waals surface area contributed by atoms with Gasteiger partial charge in [0.2, 0.25) is 0 Å². The van der Waals surface area contributed by atoms with E-state index in [0.717, 1.165) is 6.04 Å². The van der Waals surface area contributed by atoms with Crippen LogP contribution in [0.3, 0.4) is 0 Å². The average Bonchev–Trinajstić information content (AvgIpc) is 1.90. The van der Waals surface area contributed by atoms with E-state index in [1.807, 2.05) is 11.9 Å². The van der Waals surface area contributed by atoms with Crippen molar-refractivity contribution in [1.82, 2.24) is 4.31 Å². The van der Waals surface area contributed by atoms with E-state index in [1.54, 1.807) is 0 Å². The van der Waals surface area contributed by atoms with Crippen molar-refractivity contribution in [2.75, 3.05) is 12.3 Å². The normalized spacial score (nSPS) is 23.0. The molecule has 0 N–H and O–H groups in total. The Balaban J connectivity index is 2.23. The molecule has 0 spiro atoms. The molecule has 0 unspecified atom stereocenters. The van der Waals surface area contributed by atoms with Gasteiger partial charge in [0, 0.05) is 18.3 Å². The van der Waals surface area contributed by atoms with Crippen LogP contribution < -0.4 is 0 Å². The van der Waals surface area contributed by atoms with Gasteiger partial charge in [0.05, 0.1) is 0 Å². The van der Waals surface area contributed by atoms with Crippen LogP contribution in [0.25, 0.3) is 0 Å². The molecule has 0 radical (unpaired) electrons. The second-order valence-corrected chi connectivity index (χ2v) is 3.91. The quantitative estimate of drug-likeness (QED) is 0.520. The molecule has 1 heterocycles. The lowest BCUT2D eigenvalue weighted by Gasteiger charge is -2.28. The minimum absolute atomic E-state index is 0.732. The van der Waals surface area contributed by atoms with E-state index in [-0.39, 0.29) is 0 Å². The Bertz CT molecular complexity index is 77.0. The molecule has 1 aliphatic rings. The van der Waals surface area contributed by atoms with Gasteiger partial charge >= 0.3 is 0 Å². The molecule has 54 valence electrons. The molecule has 1 rings (SSSR count). The highest BCUT2D eigenvalue weighted by Crippen LogP contribution is 2.21. The highest BCUT2D eigenvalue weighted by molar-refractivity contribution is 7.97. The van der Waals surface area contributed by atoms with Crippen LogP contribution in [-0.4, -0.2) is 22.6 Å². The Labute approximate surface area is 61.9 Å². The predicted octanol–water partition coefficient (Wildman–Crippen LogP) is 2.14. The van der Waals surface area contributed by atoms with E-state index in [1.165, 1.54) is 25.1 Å². The molecule has 0 atom stereocenters. The second-order valence-electron chi connectivity index (χ2n) is 2.77. The molecular weight excluding hydrogens is 130 g/mol. The summed E-state index contributed by atoms with van der Waals surface area (Å²) in [5, 5.41) is 0. The van der Waals surface area contributed by atoms with Crippen LogP contribution in [0.5, 0.6) is 0 Å². The Hall–Kier alpha value is 0.310. The van der Waals surface area contributed by atoms with E-state index in [2.05, 4.69) is 18.2 Å². The number of nitrogens with zero attached hydrogens (tertiary/aromatic N) is 1. The molecule has 0 aliphatic carbocycles. The fraction of sp³-hybridized carbons (Fsp3) is 1.00. The van der Waals surface area contributed by atoms with Crippen molar-refractivity contribution in [3.8, 4) is 0 Å². The lowest BCUT2D eigenvalue weighted by molar-refractivity contribution is 0.376. The summed E-state index contributed by atoms with van der Waals surface area (Å²) in [6, 6.07) is 0.732. The highest BCUT2D eigenvalue weighted by atomic mass is 32.2. The molecule has 1 aliphatic heterocycles. The van der Waals surface area contributed by atoms with Gasteiger partial charge in [-0.25, -0.2) is 4.31 Å². The Morgan fingerprint density at radius 3 is 2.44 bits per heavy atom. The summed E-state index contributed by atoms with van der Waals surface area (Å²) < 4.78 is 2.48. The van der Waals surface area contributed by atoms with Crippen LogP contribution >= 0.6 is 11.9 Å². The van der Waals surface area contributed by atoms with Gasteiger partial charge in [0.25, 0.3) is 0 Å². The monoisotopic (exact) mass is 145 g/mol. The largest absolute Gasteiger partial charge is 0.248 e. The van der Waals surface area contributed by atoms with Gasteiger partial charge in [-0.3, -0.25) is 0 Å². The van der Waals surface area contributed by atoms with Gasteiger partial charge in [-0.1, -0.05) is 11.9 Å². The number of hydrogen-bond acceptors (Lipinski definition) is 2. The van der Waals surface area contributed by atoms with E-state index >= 15 is 0 Å². The minimum atomic E-state index is 0.732. The summed E-state index contributed by atoms with van der Waals surface area (Å²) in [4.78, 5) is 0. The summed E-state index contributed by atoms with van der Waals surface area (Å²) >= 11 is 2.00. The van der Waals surface area contributed by atoms with E-state index < -0.39 is 0 Å². The van der Waals surface area contributed by atoms with Crippen molar-refractivity contribution < 1.29 is 0 Å². The van der Waals surface area contributed by atoms with Crippen molar-refractivity contribution in [2.45, 2.75) is 32.7 Å². The van der Waals surface area contributed by atoms with Gasteiger partial charge in [0.15, 0.2) is 0 Å². The highest BCUT2D eigenvalue weighted by Gasteiger charge is 2.12. The van der Waals surface area contributed by atoms with Gasteiger partial charge in [-0.2, -0.15) is 0 Å². The van der Waals surface area contributed by atoms with Crippen LogP contribution in [0.15, 0.2) is 0 Å². The van der Waals surface area contributed by atoms with Gasteiger partial charge in [-0.05, 0) is 26.7 Å². The summed E-state index contributed by atoms with van der Waals surface area (Å²) in [5.41, 5.74) is 0. The first kappa shape index (κ1) is 7.42. The first-order valence-corrected chi connectivity index (χ1v) is 4.64. The summed E-state index contributed by atoms with van der Waals surface area (Å²) in [7, 11) is 0. The molecule has 1 fully saturated rings. The summed E-state index contributed by atoms with van der Waals surface area (Å²) in [6.45, 7) is 5.82. The SMILES string of the molecule is CC(C)N1CCCCS1. The zero-order chi connectivity index (χ0) is 6.69. The molecule has 0 aromatic carbocycles. The molecule has 2 heteroatoms. The first-order valence-electron chi connectivity index (χ1n) is 3.70. The maximum atomic E-state index is 2.48. The van der Waals surface area contributed by atoms with E-state index in [9.17, 15) is 0 Å². The molecule has 9 heavy (non-hydrogen) atoms. The van der Waals surface area contributed by atoms with Crippen LogP contribution in [-0.2, 0) is 0 Å². The molecule has 0 bridgehead atoms. The third-order valence-electron chi connectivity index (χ3n) is 1.61. The third kappa shape index (κ3) is 2.18. The molecule has 0 aromatic rings. The maximum Gasteiger partial charge on any atom is 0.0146 e. The summed E-state index contributed by atoms with van der Waals surface area (Å²) in [6.07, 6.45) is 2.80. The Morgan fingerprint density at radius 2 is 2.11 bits per heavy atom. The Morgan fingerprint density at radius 1 is 1.33 bits per heavy atom. The van der Waals surface area contributed by atoms with Crippen LogP contribution in [0.1, 0.15) is 26.7 Å². The van der Waals surface area contributed by atoms with Crippen LogP contribution in [0.4, 0.5) is 0 Å². The second kappa shape index (κ2) is 3.47. The topological polar surface area (TPSA) is 3.24 Å². The molecule has 0 aromatic heterocycles. The van der Waals surface area contributed by atoms with Gasteiger partial charge in [0.1, 0.15) is 0 Å². The molecule has 1 nitrogen and oxygen atoms in total. The predicted molar refractivity (Wildman–Crippen MR) is 43.5 cm³/mol. The zero-order valence-electron chi connectivity index (χ0n) is 6.26. The van der Waals surface area contributed by atoms with Crippen molar-refractivity contribution in [3.63, 3.8) is 0 Å². The standard InChI is InChI=1S/C7H15NS/c1-7(2)8-5-3-4-6-9-8/h7H,3-6H2,1-2H3. The summed E-state index contributed by atoms with van der Waals surface area (Å²) in [5.74, 6) is 1.33. The smallest absolute Gasteiger partial charge is 0.0146 e. The van der Waals surface area contributed by atoms with E-state index in [4.69, 9.17) is 0 Å². The van der Waals surface area contributed by atoms with Gasteiger partial charge < -0.3 is 0 Å². The van der Waals surface area contributed by atoms with Crippen molar-refractivity contribution in [3.05, 3.63) is 0 Å². The lowest BCUT2D eigenvalue weighted by atomic mass is 10.3. The average molecular weight is 145 g/mol. The van der Waals surface area contributed by atoms with Crippen LogP contribution in [0, 0.1) is 0 Å². The van der Waals surface area contributed by atoms with Gasteiger partial charge in [-0.15, -0.1) is 0 Å². The zero-order valence-corrected chi connectivity index (χ0v) is 7.08. The van der Waals surface area contributed by atoms with Crippen LogP contribution in [0.2, 0.25) is 0 Å².